The largest absolute Gasteiger partial charge is 0.444 e. The van der Waals surface area contributed by atoms with Gasteiger partial charge in [0.2, 0.25) is 0 Å². The fourth-order valence-electron chi connectivity index (χ4n) is 2.58. The zero-order chi connectivity index (χ0) is 16.2. The fourth-order valence-corrected chi connectivity index (χ4v) is 2.77. The maximum absolute atomic E-state index is 11.8. The van der Waals surface area contributed by atoms with E-state index in [0.29, 0.717) is 0 Å². The van der Waals surface area contributed by atoms with Gasteiger partial charge in [0.1, 0.15) is 5.60 Å². The number of nitrogens with one attached hydrogen (secondary N) is 1. The highest BCUT2D eigenvalue weighted by atomic mass is 35.5. The Labute approximate surface area is 137 Å². The third-order valence-corrected chi connectivity index (χ3v) is 4.03. The minimum Gasteiger partial charge on any atom is -0.444 e. The molecule has 0 radical (unpaired) electrons. The van der Waals surface area contributed by atoms with Gasteiger partial charge in [-0.05, 0) is 45.2 Å². The molecule has 22 heavy (non-hydrogen) atoms. The number of ether oxygens (including phenoxy) is 1. The SMILES string of the molecule is CC(C)(C)OC(=O)NC1CCN(Cc2ccccc2Cl)CC1. The van der Waals surface area contributed by atoms with Crippen LogP contribution in [0.15, 0.2) is 24.3 Å². The highest BCUT2D eigenvalue weighted by molar-refractivity contribution is 6.31. The molecule has 1 N–H and O–H groups in total. The quantitative estimate of drug-likeness (QED) is 0.918. The predicted molar refractivity (Wildman–Crippen MR) is 89.1 cm³/mol. The number of hydrogen-bond acceptors (Lipinski definition) is 3. The number of likely N-dealkylation sites (tertiary alicyclic amines) is 1. The van der Waals surface area contributed by atoms with E-state index in [0.717, 1.165) is 43.1 Å². The van der Waals surface area contributed by atoms with Crippen LogP contribution < -0.4 is 5.32 Å². The second-order valence-corrected chi connectivity index (χ2v) is 7.20. The van der Waals surface area contributed by atoms with E-state index < -0.39 is 5.60 Å². The first-order valence-corrected chi connectivity index (χ1v) is 8.16. The monoisotopic (exact) mass is 324 g/mol. The van der Waals surface area contributed by atoms with Gasteiger partial charge in [-0.3, -0.25) is 4.90 Å². The molecule has 5 heteroatoms. The predicted octanol–water partition coefficient (Wildman–Crippen LogP) is 3.83. The maximum atomic E-state index is 11.8. The Morgan fingerprint density at radius 1 is 1.32 bits per heavy atom. The maximum Gasteiger partial charge on any atom is 0.407 e. The van der Waals surface area contributed by atoms with E-state index >= 15 is 0 Å². The van der Waals surface area contributed by atoms with Crippen molar-refractivity contribution in [2.45, 2.75) is 51.8 Å². The second kappa shape index (κ2) is 7.34. The van der Waals surface area contributed by atoms with Crippen molar-refractivity contribution in [2.24, 2.45) is 0 Å². The lowest BCUT2D eigenvalue weighted by atomic mass is 10.0. The highest BCUT2D eigenvalue weighted by Gasteiger charge is 2.23. The molecular formula is C17H25ClN2O2. The number of alkyl carbamates (subject to hydrolysis) is 1. The van der Waals surface area contributed by atoms with Crippen molar-refractivity contribution >= 4 is 17.7 Å². The molecular weight excluding hydrogens is 300 g/mol. The first-order chi connectivity index (χ1) is 10.3. The topological polar surface area (TPSA) is 41.6 Å². The van der Waals surface area contributed by atoms with Gasteiger partial charge in [0.05, 0.1) is 0 Å². The van der Waals surface area contributed by atoms with Crippen molar-refractivity contribution in [1.82, 2.24) is 10.2 Å². The van der Waals surface area contributed by atoms with Crippen molar-refractivity contribution in [1.29, 1.82) is 0 Å². The van der Waals surface area contributed by atoms with Crippen molar-refractivity contribution in [2.75, 3.05) is 13.1 Å². The van der Waals surface area contributed by atoms with Gasteiger partial charge < -0.3 is 10.1 Å². The molecule has 1 saturated heterocycles. The Bertz CT molecular complexity index is 506. The lowest BCUT2D eigenvalue weighted by molar-refractivity contribution is 0.0477. The van der Waals surface area contributed by atoms with Crippen LogP contribution in [-0.4, -0.2) is 35.7 Å². The number of piperidine rings is 1. The van der Waals surface area contributed by atoms with E-state index in [1.54, 1.807) is 0 Å². The number of hydrogen-bond donors (Lipinski definition) is 1. The van der Waals surface area contributed by atoms with Gasteiger partial charge in [0.15, 0.2) is 0 Å². The Hall–Kier alpha value is -1.26. The van der Waals surface area contributed by atoms with Gasteiger partial charge in [0, 0.05) is 30.7 Å². The van der Waals surface area contributed by atoms with Crippen LogP contribution in [-0.2, 0) is 11.3 Å². The van der Waals surface area contributed by atoms with E-state index in [2.05, 4.69) is 16.3 Å². The summed E-state index contributed by atoms with van der Waals surface area (Å²) in [5, 5.41) is 3.77. The molecule has 1 aliphatic heterocycles. The van der Waals surface area contributed by atoms with E-state index in [4.69, 9.17) is 16.3 Å². The summed E-state index contributed by atoms with van der Waals surface area (Å²) in [4.78, 5) is 14.1. The van der Waals surface area contributed by atoms with Crippen molar-refractivity contribution in [3.63, 3.8) is 0 Å². The molecule has 1 amide bonds. The Balaban J connectivity index is 1.76. The highest BCUT2D eigenvalue weighted by Crippen LogP contribution is 2.20. The summed E-state index contributed by atoms with van der Waals surface area (Å²) >= 11 is 6.20. The van der Waals surface area contributed by atoms with Gasteiger partial charge in [-0.1, -0.05) is 29.8 Å². The summed E-state index contributed by atoms with van der Waals surface area (Å²) < 4.78 is 5.30. The van der Waals surface area contributed by atoms with Crippen LogP contribution in [0, 0.1) is 0 Å². The van der Waals surface area contributed by atoms with E-state index in [-0.39, 0.29) is 12.1 Å². The van der Waals surface area contributed by atoms with Crippen molar-refractivity contribution in [3.8, 4) is 0 Å². The molecule has 1 heterocycles. The number of halogens is 1. The first kappa shape index (κ1) is 17.1. The minimum absolute atomic E-state index is 0.192. The summed E-state index contributed by atoms with van der Waals surface area (Å²) in [7, 11) is 0. The smallest absolute Gasteiger partial charge is 0.407 e. The first-order valence-electron chi connectivity index (χ1n) is 7.79. The zero-order valence-electron chi connectivity index (χ0n) is 13.6. The van der Waals surface area contributed by atoms with Gasteiger partial charge >= 0.3 is 6.09 Å². The van der Waals surface area contributed by atoms with Crippen LogP contribution >= 0.6 is 11.6 Å². The van der Waals surface area contributed by atoms with Crippen LogP contribution in [0.3, 0.4) is 0 Å². The van der Waals surface area contributed by atoms with Gasteiger partial charge in [-0.2, -0.15) is 0 Å². The lowest BCUT2D eigenvalue weighted by Gasteiger charge is -2.33. The molecule has 2 rings (SSSR count). The Kier molecular flexibility index (Phi) is 5.70. The molecule has 0 spiro atoms. The average molecular weight is 325 g/mol. The Morgan fingerprint density at radius 2 is 1.95 bits per heavy atom. The van der Waals surface area contributed by atoms with Crippen LogP contribution in [0.5, 0.6) is 0 Å². The van der Waals surface area contributed by atoms with E-state index in [9.17, 15) is 4.79 Å². The number of nitrogens with zero attached hydrogens (tertiary/aromatic N) is 1. The molecule has 0 unspecified atom stereocenters. The van der Waals surface area contributed by atoms with Gasteiger partial charge in [0.25, 0.3) is 0 Å². The molecule has 1 aromatic rings. The Morgan fingerprint density at radius 3 is 2.55 bits per heavy atom. The van der Waals surface area contributed by atoms with E-state index in [1.807, 2.05) is 39.0 Å². The fraction of sp³-hybridized carbons (Fsp3) is 0.588. The molecule has 0 aliphatic carbocycles. The van der Waals surface area contributed by atoms with Crippen LogP contribution in [0.25, 0.3) is 0 Å². The lowest BCUT2D eigenvalue weighted by Crippen LogP contribution is -2.45. The summed E-state index contributed by atoms with van der Waals surface area (Å²) in [6.07, 6.45) is 1.55. The second-order valence-electron chi connectivity index (χ2n) is 6.79. The van der Waals surface area contributed by atoms with Crippen molar-refractivity contribution in [3.05, 3.63) is 34.9 Å². The molecule has 0 aromatic heterocycles. The molecule has 0 saturated carbocycles. The summed E-state index contributed by atoms with van der Waals surface area (Å²) in [5.74, 6) is 0. The van der Waals surface area contributed by atoms with Gasteiger partial charge in [-0.15, -0.1) is 0 Å². The molecule has 1 fully saturated rings. The summed E-state index contributed by atoms with van der Waals surface area (Å²) in [5.41, 5.74) is 0.706. The minimum atomic E-state index is -0.450. The van der Waals surface area contributed by atoms with Crippen LogP contribution in [0.2, 0.25) is 5.02 Å². The molecule has 1 aromatic carbocycles. The molecule has 1 aliphatic rings. The van der Waals surface area contributed by atoms with Crippen LogP contribution in [0.4, 0.5) is 4.79 Å². The number of amides is 1. The molecule has 0 atom stereocenters. The molecule has 122 valence electrons. The summed E-state index contributed by atoms with van der Waals surface area (Å²) in [6, 6.07) is 8.14. The summed E-state index contributed by atoms with van der Waals surface area (Å²) in [6.45, 7) is 8.38. The standard InChI is InChI=1S/C17H25ClN2O2/c1-17(2,3)22-16(21)19-14-8-10-20(11-9-14)12-13-6-4-5-7-15(13)18/h4-7,14H,8-12H2,1-3H3,(H,19,21). The normalized spacial score (nSPS) is 17.3. The number of rotatable bonds is 3. The number of carbonyl (C=O) groups is 1. The third kappa shape index (κ3) is 5.50. The average Bonchev–Trinajstić information content (AvgIpc) is 2.41. The van der Waals surface area contributed by atoms with Crippen molar-refractivity contribution < 1.29 is 9.53 Å². The zero-order valence-corrected chi connectivity index (χ0v) is 14.3. The third-order valence-electron chi connectivity index (χ3n) is 3.66. The van der Waals surface area contributed by atoms with Gasteiger partial charge in [-0.25, -0.2) is 4.79 Å². The number of carbonyl (C=O) groups excluding carboxylic acids is 1. The number of benzene rings is 1. The van der Waals surface area contributed by atoms with Crippen LogP contribution in [0.1, 0.15) is 39.2 Å². The van der Waals surface area contributed by atoms with E-state index in [1.165, 1.54) is 0 Å². The molecule has 0 bridgehead atoms. The molecule has 4 nitrogen and oxygen atoms in total.